The number of benzene rings is 1. The zero-order valence-electron chi connectivity index (χ0n) is 11.9. The predicted octanol–water partition coefficient (Wildman–Crippen LogP) is 3.32. The highest BCUT2D eigenvalue weighted by molar-refractivity contribution is 5.50. The monoisotopic (exact) mass is 255 g/mol. The first-order valence-corrected chi connectivity index (χ1v) is 6.66. The van der Waals surface area contributed by atoms with Crippen LogP contribution in [0.25, 0.3) is 0 Å². The van der Waals surface area contributed by atoms with Gasteiger partial charge in [-0.3, -0.25) is 0 Å². The third-order valence-corrected chi connectivity index (χ3v) is 3.32. The molecule has 2 aromatic rings. The van der Waals surface area contributed by atoms with Crippen LogP contribution < -0.4 is 10.2 Å². The minimum Gasteiger partial charge on any atom is -0.373 e. The van der Waals surface area contributed by atoms with Crippen LogP contribution in [-0.4, -0.2) is 19.1 Å². The molecule has 0 aliphatic carbocycles. The van der Waals surface area contributed by atoms with Crippen molar-refractivity contribution in [3.63, 3.8) is 0 Å². The van der Waals surface area contributed by atoms with Crippen molar-refractivity contribution in [2.45, 2.75) is 19.9 Å². The van der Waals surface area contributed by atoms with Gasteiger partial charge in [0.2, 0.25) is 0 Å². The Hall–Kier alpha value is -2.03. The number of aromatic nitrogens is 1. The summed E-state index contributed by atoms with van der Waals surface area (Å²) in [7, 11) is 4.01. The average Bonchev–Trinajstić information content (AvgIpc) is 2.48. The van der Waals surface area contributed by atoms with E-state index in [0.717, 1.165) is 18.8 Å². The predicted molar refractivity (Wildman–Crippen MR) is 81.7 cm³/mol. The van der Waals surface area contributed by atoms with Crippen molar-refractivity contribution in [1.82, 2.24) is 4.98 Å². The van der Waals surface area contributed by atoms with E-state index < -0.39 is 0 Å². The Morgan fingerprint density at radius 2 is 1.89 bits per heavy atom. The SMILES string of the molecule is CCc1ccc(N(C)Cc2cccnc2NC)cc1. The lowest BCUT2D eigenvalue weighted by Gasteiger charge is -2.21. The maximum atomic E-state index is 4.33. The van der Waals surface area contributed by atoms with Gasteiger partial charge in [0, 0.05) is 38.1 Å². The van der Waals surface area contributed by atoms with Crippen molar-refractivity contribution in [1.29, 1.82) is 0 Å². The van der Waals surface area contributed by atoms with E-state index in [2.05, 4.69) is 59.5 Å². The standard InChI is InChI=1S/C16H21N3/c1-4-13-7-9-15(10-8-13)19(3)12-14-6-5-11-18-16(14)17-2/h5-11H,4,12H2,1-3H3,(H,17,18). The second kappa shape index (κ2) is 6.23. The molecule has 1 heterocycles. The fraction of sp³-hybridized carbons (Fsp3) is 0.312. The first kappa shape index (κ1) is 13.4. The van der Waals surface area contributed by atoms with Gasteiger partial charge in [0.1, 0.15) is 5.82 Å². The van der Waals surface area contributed by atoms with Crippen LogP contribution in [0.15, 0.2) is 42.6 Å². The van der Waals surface area contributed by atoms with Gasteiger partial charge in [-0.1, -0.05) is 25.1 Å². The Balaban J connectivity index is 2.13. The van der Waals surface area contributed by atoms with Crippen molar-refractivity contribution in [3.8, 4) is 0 Å². The first-order valence-electron chi connectivity index (χ1n) is 6.66. The quantitative estimate of drug-likeness (QED) is 0.888. The fourth-order valence-electron chi connectivity index (χ4n) is 2.12. The maximum Gasteiger partial charge on any atom is 0.130 e. The number of nitrogens with zero attached hydrogens (tertiary/aromatic N) is 2. The summed E-state index contributed by atoms with van der Waals surface area (Å²) < 4.78 is 0. The molecule has 0 aliphatic heterocycles. The van der Waals surface area contributed by atoms with Crippen LogP contribution in [0.4, 0.5) is 11.5 Å². The van der Waals surface area contributed by atoms with E-state index in [1.165, 1.54) is 16.8 Å². The molecule has 0 saturated heterocycles. The van der Waals surface area contributed by atoms with E-state index in [9.17, 15) is 0 Å². The summed E-state index contributed by atoms with van der Waals surface area (Å²) in [5.41, 5.74) is 3.80. The lowest BCUT2D eigenvalue weighted by molar-refractivity contribution is 0.915. The van der Waals surface area contributed by atoms with E-state index in [1.54, 1.807) is 0 Å². The average molecular weight is 255 g/mol. The summed E-state index contributed by atoms with van der Waals surface area (Å²) >= 11 is 0. The van der Waals surface area contributed by atoms with Crippen LogP contribution >= 0.6 is 0 Å². The number of anilines is 2. The summed E-state index contributed by atoms with van der Waals surface area (Å²) in [6, 6.07) is 12.8. The van der Waals surface area contributed by atoms with Crippen molar-refractivity contribution in [3.05, 3.63) is 53.7 Å². The summed E-state index contributed by atoms with van der Waals surface area (Å²) in [6.45, 7) is 3.02. The third-order valence-electron chi connectivity index (χ3n) is 3.32. The van der Waals surface area contributed by atoms with Gasteiger partial charge in [-0.25, -0.2) is 4.98 Å². The second-order valence-electron chi connectivity index (χ2n) is 4.64. The highest BCUT2D eigenvalue weighted by Crippen LogP contribution is 2.19. The van der Waals surface area contributed by atoms with Gasteiger partial charge in [-0.2, -0.15) is 0 Å². The normalized spacial score (nSPS) is 10.3. The van der Waals surface area contributed by atoms with Crippen LogP contribution in [0.2, 0.25) is 0 Å². The molecule has 1 aromatic carbocycles. The molecule has 1 N–H and O–H groups in total. The molecule has 1 aromatic heterocycles. The molecule has 2 rings (SSSR count). The van der Waals surface area contributed by atoms with Gasteiger partial charge in [-0.05, 0) is 30.2 Å². The molecule has 100 valence electrons. The number of pyridine rings is 1. The number of aryl methyl sites for hydroxylation is 1. The topological polar surface area (TPSA) is 28.2 Å². The third kappa shape index (κ3) is 3.25. The van der Waals surface area contributed by atoms with Gasteiger partial charge in [-0.15, -0.1) is 0 Å². The fourth-order valence-corrected chi connectivity index (χ4v) is 2.12. The molecule has 0 aliphatic rings. The van der Waals surface area contributed by atoms with Crippen LogP contribution in [-0.2, 0) is 13.0 Å². The van der Waals surface area contributed by atoms with E-state index in [0.29, 0.717) is 0 Å². The summed E-state index contributed by atoms with van der Waals surface area (Å²) in [6.07, 6.45) is 2.89. The maximum absolute atomic E-state index is 4.33. The van der Waals surface area contributed by atoms with Crippen molar-refractivity contribution in [2.75, 3.05) is 24.3 Å². The summed E-state index contributed by atoms with van der Waals surface area (Å²) in [5, 5.41) is 3.13. The first-order chi connectivity index (χ1) is 9.24. The van der Waals surface area contributed by atoms with Crippen LogP contribution in [0.1, 0.15) is 18.1 Å². The second-order valence-corrected chi connectivity index (χ2v) is 4.64. The molecule has 19 heavy (non-hydrogen) atoms. The van der Waals surface area contributed by atoms with E-state index in [-0.39, 0.29) is 0 Å². The lowest BCUT2D eigenvalue weighted by atomic mass is 10.1. The molecule has 0 amide bonds. The number of rotatable bonds is 5. The van der Waals surface area contributed by atoms with E-state index in [1.807, 2.05) is 19.3 Å². The smallest absolute Gasteiger partial charge is 0.130 e. The lowest BCUT2D eigenvalue weighted by Crippen LogP contribution is -2.17. The Morgan fingerprint density at radius 3 is 2.53 bits per heavy atom. The van der Waals surface area contributed by atoms with Gasteiger partial charge in [0.15, 0.2) is 0 Å². The Morgan fingerprint density at radius 1 is 1.16 bits per heavy atom. The summed E-state index contributed by atoms with van der Waals surface area (Å²) in [4.78, 5) is 6.57. The Kier molecular flexibility index (Phi) is 4.39. The number of hydrogen-bond acceptors (Lipinski definition) is 3. The minimum atomic E-state index is 0.843. The summed E-state index contributed by atoms with van der Waals surface area (Å²) in [5.74, 6) is 0.944. The molecule has 0 radical (unpaired) electrons. The highest BCUT2D eigenvalue weighted by Gasteiger charge is 2.06. The number of hydrogen-bond donors (Lipinski definition) is 1. The van der Waals surface area contributed by atoms with Gasteiger partial charge in [0.05, 0.1) is 0 Å². The molecular formula is C16H21N3. The molecule has 0 spiro atoms. The van der Waals surface area contributed by atoms with E-state index in [4.69, 9.17) is 0 Å². The van der Waals surface area contributed by atoms with Crippen LogP contribution in [0.3, 0.4) is 0 Å². The van der Waals surface area contributed by atoms with Crippen LogP contribution in [0, 0.1) is 0 Å². The van der Waals surface area contributed by atoms with Crippen LogP contribution in [0.5, 0.6) is 0 Å². The molecule has 0 fully saturated rings. The minimum absolute atomic E-state index is 0.843. The van der Waals surface area contributed by atoms with Gasteiger partial charge >= 0.3 is 0 Å². The van der Waals surface area contributed by atoms with Gasteiger partial charge < -0.3 is 10.2 Å². The highest BCUT2D eigenvalue weighted by atomic mass is 15.1. The molecular weight excluding hydrogens is 234 g/mol. The van der Waals surface area contributed by atoms with Gasteiger partial charge in [0.25, 0.3) is 0 Å². The molecule has 0 atom stereocenters. The zero-order chi connectivity index (χ0) is 13.7. The molecule has 0 saturated carbocycles. The molecule has 0 bridgehead atoms. The van der Waals surface area contributed by atoms with Crippen molar-refractivity contribution < 1.29 is 0 Å². The Labute approximate surface area is 115 Å². The number of nitrogens with one attached hydrogen (secondary N) is 1. The molecule has 3 nitrogen and oxygen atoms in total. The largest absolute Gasteiger partial charge is 0.373 e. The molecule has 0 unspecified atom stereocenters. The molecule has 3 heteroatoms. The van der Waals surface area contributed by atoms with Crippen molar-refractivity contribution in [2.24, 2.45) is 0 Å². The Bertz CT molecular complexity index is 520. The van der Waals surface area contributed by atoms with Crippen molar-refractivity contribution >= 4 is 11.5 Å². The van der Waals surface area contributed by atoms with E-state index >= 15 is 0 Å². The zero-order valence-corrected chi connectivity index (χ0v) is 11.9.